The highest BCUT2D eigenvalue weighted by atomic mass is 16.3. The molecule has 1 aromatic rings. The zero-order valence-corrected chi connectivity index (χ0v) is 7.84. The van der Waals surface area contributed by atoms with Gasteiger partial charge in [-0.15, -0.1) is 0 Å². The van der Waals surface area contributed by atoms with Crippen molar-refractivity contribution < 1.29 is 9.90 Å². The maximum atomic E-state index is 11.4. The lowest BCUT2D eigenvalue weighted by atomic mass is 10.1. The molecular formula is C9H14N2O2. The van der Waals surface area contributed by atoms with Crippen LogP contribution in [0.4, 0.5) is 0 Å². The Labute approximate surface area is 77.2 Å². The van der Waals surface area contributed by atoms with Crippen molar-refractivity contribution >= 4 is 5.91 Å². The number of imidazole rings is 1. The monoisotopic (exact) mass is 182 g/mol. The van der Waals surface area contributed by atoms with Crippen LogP contribution in [-0.2, 0) is 0 Å². The minimum absolute atomic E-state index is 0.308. The van der Waals surface area contributed by atoms with Crippen LogP contribution in [0.3, 0.4) is 0 Å². The molecule has 1 N–H and O–H groups in total. The highest BCUT2D eigenvalue weighted by Gasteiger charge is 2.17. The normalized spacial score (nSPS) is 13.2. The van der Waals surface area contributed by atoms with Crippen molar-refractivity contribution in [2.24, 2.45) is 5.92 Å². The highest BCUT2D eigenvalue weighted by molar-refractivity contribution is 5.82. The molecule has 0 aliphatic carbocycles. The van der Waals surface area contributed by atoms with Gasteiger partial charge >= 0.3 is 0 Å². The van der Waals surface area contributed by atoms with E-state index in [1.165, 1.54) is 23.3 Å². The first-order valence-electron chi connectivity index (χ1n) is 4.31. The van der Waals surface area contributed by atoms with E-state index in [2.05, 4.69) is 4.98 Å². The molecule has 4 nitrogen and oxygen atoms in total. The van der Waals surface area contributed by atoms with E-state index in [-0.39, 0.29) is 5.91 Å². The number of nitrogens with zero attached hydrogens (tertiary/aromatic N) is 2. The first-order valence-corrected chi connectivity index (χ1v) is 4.31. The molecule has 1 rings (SSSR count). The van der Waals surface area contributed by atoms with Gasteiger partial charge in [-0.2, -0.15) is 0 Å². The second kappa shape index (κ2) is 4.18. The molecular weight excluding hydrogens is 168 g/mol. The summed E-state index contributed by atoms with van der Waals surface area (Å²) in [5, 5.41) is 9.46. The molecule has 0 bridgehead atoms. The van der Waals surface area contributed by atoms with Crippen molar-refractivity contribution in [2.75, 3.05) is 0 Å². The number of aromatic nitrogens is 2. The standard InChI is InChI=1S/C9H14N2O2/c1-7(2)5-8(12)9(13)11-4-3-10-6-11/h3-4,6-8,12H,5H2,1-2H3. The fourth-order valence-electron chi connectivity index (χ4n) is 1.11. The van der Waals surface area contributed by atoms with Gasteiger partial charge in [-0.05, 0) is 12.3 Å². The summed E-state index contributed by atoms with van der Waals surface area (Å²) >= 11 is 0. The van der Waals surface area contributed by atoms with Crippen LogP contribution in [0.1, 0.15) is 25.1 Å². The first kappa shape index (κ1) is 9.92. The molecule has 0 aliphatic rings. The van der Waals surface area contributed by atoms with E-state index in [0.717, 1.165) is 0 Å². The van der Waals surface area contributed by atoms with Gasteiger partial charge in [0, 0.05) is 12.4 Å². The van der Waals surface area contributed by atoms with E-state index in [1.54, 1.807) is 0 Å². The molecule has 1 atom stereocenters. The van der Waals surface area contributed by atoms with Gasteiger partial charge < -0.3 is 5.11 Å². The Morgan fingerprint density at radius 1 is 1.62 bits per heavy atom. The van der Waals surface area contributed by atoms with E-state index in [9.17, 15) is 9.90 Å². The fourth-order valence-corrected chi connectivity index (χ4v) is 1.11. The molecule has 4 heteroatoms. The van der Waals surface area contributed by atoms with Gasteiger partial charge in [-0.3, -0.25) is 9.36 Å². The van der Waals surface area contributed by atoms with E-state index >= 15 is 0 Å². The molecule has 0 amide bonds. The minimum atomic E-state index is -0.922. The van der Waals surface area contributed by atoms with E-state index in [0.29, 0.717) is 12.3 Å². The number of carbonyl (C=O) groups excluding carboxylic acids is 1. The summed E-state index contributed by atoms with van der Waals surface area (Å²) < 4.78 is 1.30. The van der Waals surface area contributed by atoms with E-state index in [4.69, 9.17) is 0 Å². The van der Waals surface area contributed by atoms with Gasteiger partial charge in [0.15, 0.2) is 0 Å². The molecule has 1 heterocycles. The van der Waals surface area contributed by atoms with Crippen LogP contribution in [0.25, 0.3) is 0 Å². The molecule has 72 valence electrons. The number of aliphatic hydroxyl groups is 1. The van der Waals surface area contributed by atoms with Gasteiger partial charge in [-0.1, -0.05) is 13.8 Å². The molecule has 1 unspecified atom stereocenters. The Morgan fingerprint density at radius 3 is 2.77 bits per heavy atom. The summed E-state index contributed by atoms with van der Waals surface area (Å²) in [6.45, 7) is 3.93. The fraction of sp³-hybridized carbons (Fsp3) is 0.556. The lowest BCUT2D eigenvalue weighted by Gasteiger charge is -2.11. The van der Waals surface area contributed by atoms with Crippen LogP contribution in [0, 0.1) is 5.92 Å². The predicted molar refractivity (Wildman–Crippen MR) is 48.3 cm³/mol. The van der Waals surface area contributed by atoms with Crippen molar-refractivity contribution in [1.82, 2.24) is 9.55 Å². The Kier molecular flexibility index (Phi) is 3.19. The summed E-state index contributed by atoms with van der Waals surface area (Å²) in [4.78, 5) is 15.2. The van der Waals surface area contributed by atoms with Crippen molar-refractivity contribution in [3.8, 4) is 0 Å². The average molecular weight is 182 g/mol. The summed E-state index contributed by atoms with van der Waals surface area (Å²) in [6.07, 6.45) is 4.00. The minimum Gasteiger partial charge on any atom is -0.383 e. The van der Waals surface area contributed by atoms with Crippen molar-refractivity contribution in [1.29, 1.82) is 0 Å². The highest BCUT2D eigenvalue weighted by Crippen LogP contribution is 2.06. The van der Waals surface area contributed by atoms with Gasteiger partial charge in [0.05, 0.1) is 0 Å². The third-order valence-electron chi connectivity index (χ3n) is 1.74. The predicted octanol–water partition coefficient (Wildman–Crippen LogP) is 0.930. The van der Waals surface area contributed by atoms with Crippen molar-refractivity contribution in [2.45, 2.75) is 26.4 Å². The Hall–Kier alpha value is -1.16. The molecule has 13 heavy (non-hydrogen) atoms. The van der Waals surface area contributed by atoms with Gasteiger partial charge in [-0.25, -0.2) is 4.98 Å². The summed E-state index contributed by atoms with van der Waals surface area (Å²) in [5.74, 6) is -0.00586. The molecule has 0 saturated heterocycles. The Bertz CT molecular complexity index is 267. The first-order chi connectivity index (χ1) is 6.11. The average Bonchev–Trinajstić information content (AvgIpc) is 2.53. The van der Waals surface area contributed by atoms with E-state index in [1.807, 2.05) is 13.8 Å². The number of carbonyl (C=O) groups is 1. The van der Waals surface area contributed by atoms with Crippen molar-refractivity contribution in [3.63, 3.8) is 0 Å². The zero-order chi connectivity index (χ0) is 9.84. The smallest absolute Gasteiger partial charge is 0.260 e. The van der Waals surface area contributed by atoms with E-state index < -0.39 is 6.10 Å². The summed E-state index contributed by atoms with van der Waals surface area (Å²) in [5.41, 5.74) is 0. The Morgan fingerprint density at radius 2 is 2.31 bits per heavy atom. The molecule has 0 radical (unpaired) electrons. The van der Waals surface area contributed by atoms with Gasteiger partial charge in [0.25, 0.3) is 5.91 Å². The lowest BCUT2D eigenvalue weighted by Crippen LogP contribution is -2.26. The number of rotatable bonds is 3. The third kappa shape index (κ3) is 2.66. The molecule has 0 saturated carbocycles. The van der Waals surface area contributed by atoms with Crippen LogP contribution < -0.4 is 0 Å². The maximum absolute atomic E-state index is 11.4. The second-order valence-corrected chi connectivity index (χ2v) is 3.45. The van der Waals surface area contributed by atoms with Crippen molar-refractivity contribution in [3.05, 3.63) is 18.7 Å². The molecule has 0 fully saturated rings. The molecule has 0 spiro atoms. The molecule has 1 aromatic heterocycles. The summed E-state index contributed by atoms with van der Waals surface area (Å²) in [7, 11) is 0. The van der Waals surface area contributed by atoms with Crippen LogP contribution in [0.5, 0.6) is 0 Å². The zero-order valence-electron chi connectivity index (χ0n) is 7.84. The topological polar surface area (TPSA) is 55.1 Å². The lowest BCUT2D eigenvalue weighted by molar-refractivity contribution is 0.0611. The SMILES string of the molecule is CC(C)CC(O)C(=O)n1ccnc1. The van der Waals surface area contributed by atoms with Gasteiger partial charge in [0.2, 0.25) is 0 Å². The quantitative estimate of drug-likeness (QED) is 0.756. The largest absolute Gasteiger partial charge is 0.383 e. The van der Waals surface area contributed by atoms with Crippen LogP contribution in [0.2, 0.25) is 0 Å². The third-order valence-corrected chi connectivity index (χ3v) is 1.74. The van der Waals surface area contributed by atoms with Crippen LogP contribution in [-0.4, -0.2) is 26.7 Å². The Balaban J connectivity index is 2.58. The van der Waals surface area contributed by atoms with Crippen LogP contribution >= 0.6 is 0 Å². The molecule has 0 aromatic carbocycles. The molecule has 0 aliphatic heterocycles. The maximum Gasteiger partial charge on any atom is 0.260 e. The summed E-state index contributed by atoms with van der Waals surface area (Å²) in [6, 6.07) is 0. The number of hydrogen-bond donors (Lipinski definition) is 1. The second-order valence-electron chi connectivity index (χ2n) is 3.45. The number of hydrogen-bond acceptors (Lipinski definition) is 3. The van der Waals surface area contributed by atoms with Gasteiger partial charge in [0.1, 0.15) is 12.4 Å². The number of aliphatic hydroxyl groups excluding tert-OH is 1. The van der Waals surface area contributed by atoms with Crippen LogP contribution in [0.15, 0.2) is 18.7 Å².